The largest absolute Gasteiger partial charge is 0.352 e. The summed E-state index contributed by atoms with van der Waals surface area (Å²) in [6, 6.07) is 4.71. The SMILES string of the molecule is CN1CCN=C1NCc1ccc(F)c(Cl)c1.I. The Kier molecular flexibility index (Phi) is 5.45. The summed E-state index contributed by atoms with van der Waals surface area (Å²) >= 11 is 5.69. The minimum Gasteiger partial charge on any atom is -0.352 e. The predicted octanol–water partition coefficient (Wildman–Crippen LogP) is 2.49. The fourth-order valence-corrected chi connectivity index (χ4v) is 1.76. The molecule has 0 unspecified atom stereocenters. The molecule has 0 atom stereocenters. The molecule has 94 valence electrons. The number of aliphatic imine (C=N–C) groups is 1. The van der Waals surface area contributed by atoms with E-state index in [-0.39, 0.29) is 34.8 Å². The lowest BCUT2D eigenvalue weighted by Crippen LogP contribution is -2.35. The minimum atomic E-state index is -0.388. The molecule has 1 N–H and O–H groups in total. The van der Waals surface area contributed by atoms with E-state index in [4.69, 9.17) is 11.6 Å². The molecule has 1 heterocycles. The summed E-state index contributed by atoms with van der Waals surface area (Å²) < 4.78 is 12.9. The number of nitrogens with one attached hydrogen (secondary N) is 1. The molecule has 0 saturated carbocycles. The first-order valence-corrected chi connectivity index (χ1v) is 5.48. The number of hydrogen-bond donors (Lipinski definition) is 1. The van der Waals surface area contributed by atoms with Crippen LogP contribution in [0.25, 0.3) is 0 Å². The topological polar surface area (TPSA) is 27.6 Å². The highest BCUT2D eigenvalue weighted by Gasteiger charge is 2.11. The van der Waals surface area contributed by atoms with Crippen LogP contribution in [0.3, 0.4) is 0 Å². The van der Waals surface area contributed by atoms with Crippen LogP contribution >= 0.6 is 35.6 Å². The van der Waals surface area contributed by atoms with Gasteiger partial charge in [-0.25, -0.2) is 4.39 Å². The van der Waals surface area contributed by atoms with Gasteiger partial charge in [-0.3, -0.25) is 4.99 Å². The van der Waals surface area contributed by atoms with Crippen LogP contribution in [0.1, 0.15) is 5.56 Å². The molecule has 0 radical (unpaired) electrons. The Balaban J connectivity index is 0.00000144. The average molecular weight is 370 g/mol. The molecule has 0 bridgehead atoms. The first-order valence-electron chi connectivity index (χ1n) is 5.10. The van der Waals surface area contributed by atoms with Crippen LogP contribution in [0, 0.1) is 5.82 Å². The van der Waals surface area contributed by atoms with Crippen molar-refractivity contribution >= 4 is 41.5 Å². The molecule has 6 heteroatoms. The van der Waals surface area contributed by atoms with Gasteiger partial charge in [-0.05, 0) is 17.7 Å². The Morgan fingerprint density at radius 1 is 1.53 bits per heavy atom. The number of hydrogen-bond acceptors (Lipinski definition) is 3. The number of nitrogens with zero attached hydrogens (tertiary/aromatic N) is 2. The zero-order valence-corrected chi connectivity index (χ0v) is 12.5. The van der Waals surface area contributed by atoms with Gasteiger partial charge in [0.15, 0.2) is 5.96 Å². The van der Waals surface area contributed by atoms with Crippen molar-refractivity contribution in [3.8, 4) is 0 Å². The van der Waals surface area contributed by atoms with Gasteiger partial charge in [0.05, 0.1) is 11.6 Å². The summed E-state index contributed by atoms with van der Waals surface area (Å²) in [6.07, 6.45) is 0. The molecule has 0 amide bonds. The minimum absolute atomic E-state index is 0. The second kappa shape index (κ2) is 6.39. The summed E-state index contributed by atoms with van der Waals surface area (Å²) in [5, 5.41) is 3.34. The summed E-state index contributed by atoms with van der Waals surface area (Å²) in [4.78, 5) is 6.34. The molecular formula is C11H14ClFIN3. The Morgan fingerprint density at radius 3 is 2.88 bits per heavy atom. The van der Waals surface area contributed by atoms with Gasteiger partial charge in [-0.15, -0.1) is 24.0 Å². The van der Waals surface area contributed by atoms with Crippen LogP contribution in [0.15, 0.2) is 23.2 Å². The highest BCUT2D eigenvalue weighted by molar-refractivity contribution is 14.0. The predicted molar refractivity (Wildman–Crippen MR) is 78.6 cm³/mol. The molecule has 1 aliphatic heterocycles. The molecule has 0 aromatic heterocycles. The highest BCUT2D eigenvalue weighted by atomic mass is 127. The van der Waals surface area contributed by atoms with Gasteiger partial charge in [-0.1, -0.05) is 17.7 Å². The van der Waals surface area contributed by atoms with Gasteiger partial charge in [0.25, 0.3) is 0 Å². The fraction of sp³-hybridized carbons (Fsp3) is 0.364. The van der Waals surface area contributed by atoms with Gasteiger partial charge in [0.1, 0.15) is 5.82 Å². The van der Waals surface area contributed by atoms with Crippen LogP contribution in [0.2, 0.25) is 5.02 Å². The summed E-state index contributed by atoms with van der Waals surface area (Å²) in [5.74, 6) is 0.487. The van der Waals surface area contributed by atoms with Gasteiger partial charge >= 0.3 is 0 Å². The molecular weight excluding hydrogens is 355 g/mol. The quantitative estimate of drug-likeness (QED) is 0.811. The monoisotopic (exact) mass is 369 g/mol. The van der Waals surface area contributed by atoms with Crippen LogP contribution in [0.4, 0.5) is 4.39 Å². The lowest BCUT2D eigenvalue weighted by atomic mass is 10.2. The lowest BCUT2D eigenvalue weighted by Gasteiger charge is -2.15. The third kappa shape index (κ3) is 3.70. The molecule has 0 saturated heterocycles. The highest BCUT2D eigenvalue weighted by Crippen LogP contribution is 2.15. The molecule has 17 heavy (non-hydrogen) atoms. The van der Waals surface area contributed by atoms with Gasteiger partial charge in [0.2, 0.25) is 0 Å². The molecule has 3 nitrogen and oxygen atoms in total. The van der Waals surface area contributed by atoms with Crippen molar-refractivity contribution < 1.29 is 4.39 Å². The van der Waals surface area contributed by atoms with Crippen molar-refractivity contribution in [3.05, 3.63) is 34.6 Å². The maximum Gasteiger partial charge on any atom is 0.194 e. The zero-order chi connectivity index (χ0) is 11.5. The standard InChI is InChI=1S/C11H13ClFN3.HI/c1-16-5-4-14-11(16)15-7-8-2-3-10(13)9(12)6-8;/h2-3,6H,4-5,7H2,1H3,(H,14,15);1H. The average Bonchev–Trinajstić information content (AvgIpc) is 2.66. The number of likely N-dealkylation sites (N-methyl/N-ethyl adjacent to an activating group) is 1. The maximum absolute atomic E-state index is 12.9. The van der Waals surface area contributed by atoms with Crippen molar-refractivity contribution in [1.29, 1.82) is 0 Å². The van der Waals surface area contributed by atoms with Gasteiger partial charge in [-0.2, -0.15) is 0 Å². The maximum atomic E-state index is 12.9. The Labute approximate surface area is 122 Å². The van der Waals surface area contributed by atoms with E-state index in [2.05, 4.69) is 10.3 Å². The van der Waals surface area contributed by atoms with Crippen molar-refractivity contribution in [1.82, 2.24) is 10.2 Å². The molecule has 0 spiro atoms. The normalized spacial score (nSPS) is 14.3. The van der Waals surface area contributed by atoms with Crippen molar-refractivity contribution in [3.63, 3.8) is 0 Å². The van der Waals surface area contributed by atoms with Crippen molar-refractivity contribution in [2.45, 2.75) is 6.54 Å². The number of rotatable bonds is 2. The number of halogens is 3. The van der Waals surface area contributed by atoms with E-state index >= 15 is 0 Å². The van der Waals surface area contributed by atoms with Crippen LogP contribution < -0.4 is 5.32 Å². The van der Waals surface area contributed by atoms with E-state index in [1.165, 1.54) is 6.07 Å². The molecule has 0 aliphatic carbocycles. The Bertz CT molecular complexity index is 425. The van der Waals surface area contributed by atoms with E-state index < -0.39 is 0 Å². The van der Waals surface area contributed by atoms with E-state index in [9.17, 15) is 4.39 Å². The second-order valence-electron chi connectivity index (χ2n) is 3.73. The van der Waals surface area contributed by atoms with Crippen molar-refractivity contribution in [2.75, 3.05) is 20.1 Å². The smallest absolute Gasteiger partial charge is 0.194 e. The molecule has 1 aromatic rings. The second-order valence-corrected chi connectivity index (χ2v) is 4.14. The summed E-state index contributed by atoms with van der Waals surface area (Å²) in [7, 11) is 1.98. The third-order valence-electron chi connectivity index (χ3n) is 2.49. The molecule has 1 aliphatic rings. The Hall–Kier alpha value is -0.560. The van der Waals surface area contributed by atoms with Crippen LogP contribution in [0.5, 0.6) is 0 Å². The van der Waals surface area contributed by atoms with E-state index in [1.54, 1.807) is 12.1 Å². The zero-order valence-electron chi connectivity index (χ0n) is 9.41. The Morgan fingerprint density at radius 2 is 2.29 bits per heavy atom. The van der Waals surface area contributed by atoms with E-state index in [0.29, 0.717) is 6.54 Å². The molecule has 1 aromatic carbocycles. The number of benzene rings is 1. The van der Waals surface area contributed by atoms with Crippen molar-refractivity contribution in [2.24, 2.45) is 4.99 Å². The first-order chi connectivity index (χ1) is 7.66. The van der Waals surface area contributed by atoms with Crippen LogP contribution in [-0.2, 0) is 6.54 Å². The molecule has 2 rings (SSSR count). The fourth-order valence-electron chi connectivity index (χ4n) is 1.55. The summed E-state index contributed by atoms with van der Waals surface area (Å²) in [6.45, 7) is 2.36. The molecule has 0 fully saturated rings. The number of guanidine groups is 1. The van der Waals surface area contributed by atoms with Crippen LogP contribution in [-0.4, -0.2) is 31.0 Å². The van der Waals surface area contributed by atoms with E-state index in [1.807, 2.05) is 11.9 Å². The lowest BCUT2D eigenvalue weighted by molar-refractivity contribution is 0.534. The summed E-state index contributed by atoms with van der Waals surface area (Å²) in [5.41, 5.74) is 0.939. The third-order valence-corrected chi connectivity index (χ3v) is 2.78. The van der Waals surface area contributed by atoms with E-state index in [0.717, 1.165) is 24.6 Å². The van der Waals surface area contributed by atoms with Gasteiger partial charge in [0, 0.05) is 20.1 Å². The van der Waals surface area contributed by atoms with Gasteiger partial charge < -0.3 is 10.2 Å². The first kappa shape index (κ1) is 14.5.